The lowest BCUT2D eigenvalue weighted by molar-refractivity contribution is 0.0237. The molecule has 3 nitrogen and oxygen atoms in total. The fourth-order valence-electron chi connectivity index (χ4n) is 3.57. The Morgan fingerprint density at radius 1 is 0.962 bits per heavy atom. The van der Waals surface area contributed by atoms with Gasteiger partial charge in [-0.05, 0) is 89.5 Å². The van der Waals surface area contributed by atoms with Gasteiger partial charge in [-0.1, -0.05) is 23.7 Å². The number of rotatable bonds is 10. The van der Waals surface area contributed by atoms with Gasteiger partial charge in [0.05, 0.1) is 6.10 Å². The van der Waals surface area contributed by atoms with Gasteiger partial charge in [0, 0.05) is 23.8 Å². The summed E-state index contributed by atoms with van der Waals surface area (Å²) < 4.78 is 18.1. The van der Waals surface area contributed by atoms with Crippen LogP contribution in [-0.2, 0) is 13.6 Å². The number of halogens is 1. The van der Waals surface area contributed by atoms with Gasteiger partial charge in [-0.15, -0.1) is 0 Å². The van der Waals surface area contributed by atoms with E-state index in [4.69, 9.17) is 25.2 Å². The van der Waals surface area contributed by atoms with Gasteiger partial charge in [0.1, 0.15) is 0 Å². The average Bonchev–Trinajstić information content (AvgIpc) is 2.59. The summed E-state index contributed by atoms with van der Waals surface area (Å²) in [4.78, 5) is 0. The number of hydrogen-bond donors (Lipinski definition) is 0. The van der Waals surface area contributed by atoms with Crippen LogP contribution in [0.15, 0.2) is 24.3 Å². The maximum Gasteiger partial charge on any atom is 0.321 e. The van der Waals surface area contributed by atoms with E-state index in [0.717, 1.165) is 36.9 Å². The third-order valence-corrected chi connectivity index (χ3v) is 7.63. The summed E-state index contributed by atoms with van der Waals surface area (Å²) in [7, 11) is -1.57. The third kappa shape index (κ3) is 8.09. The van der Waals surface area contributed by atoms with Crippen molar-refractivity contribution in [3.05, 3.63) is 34.9 Å². The highest BCUT2D eigenvalue weighted by molar-refractivity contribution is 6.44. The highest BCUT2D eigenvalue weighted by Crippen LogP contribution is 2.34. The first-order valence-corrected chi connectivity index (χ1v) is 12.3. The minimum Gasteiger partial charge on any atom is -0.394 e. The average molecular weight is 399 g/mol. The zero-order chi connectivity index (χ0) is 18.9. The fraction of sp³-hybridized carbons (Fsp3) is 0.714. The second-order valence-electron chi connectivity index (χ2n) is 7.84. The van der Waals surface area contributed by atoms with Gasteiger partial charge in [0.25, 0.3) is 0 Å². The van der Waals surface area contributed by atoms with Crippen molar-refractivity contribution in [2.24, 2.45) is 0 Å². The van der Waals surface area contributed by atoms with Gasteiger partial charge in [-0.3, -0.25) is 0 Å². The first-order chi connectivity index (χ1) is 12.4. The predicted octanol–water partition coefficient (Wildman–Crippen LogP) is 5.84. The minimum atomic E-state index is -1.57. The first-order valence-electron chi connectivity index (χ1n) is 10.1. The standard InChI is InChI=1S/C21H35ClO3Si/c1-16(2)24-26(25-17(3)4)15-5-14-23-21-12-8-19(9-13-21)18-6-10-20(22)11-7-18/h6-7,10-11,16-17,19,21,26H,5,8-9,12-15H2,1-4H3/t19-,21-. The van der Waals surface area contributed by atoms with Crippen molar-refractivity contribution >= 4 is 20.9 Å². The minimum absolute atomic E-state index is 0.245. The highest BCUT2D eigenvalue weighted by Gasteiger charge is 2.23. The second-order valence-corrected chi connectivity index (χ2v) is 10.3. The number of ether oxygens (including phenoxy) is 1. The molecule has 1 aliphatic carbocycles. The molecule has 0 N–H and O–H groups in total. The summed E-state index contributed by atoms with van der Waals surface area (Å²) in [6.07, 6.45) is 6.65. The Kier molecular flexibility index (Phi) is 9.65. The zero-order valence-electron chi connectivity index (χ0n) is 16.7. The van der Waals surface area contributed by atoms with Crippen LogP contribution in [0.4, 0.5) is 0 Å². The molecule has 1 aliphatic rings. The lowest BCUT2D eigenvalue weighted by Gasteiger charge is -2.29. The Balaban J connectivity index is 1.64. The van der Waals surface area contributed by atoms with Crippen LogP contribution in [-0.4, -0.2) is 34.2 Å². The molecule has 5 heteroatoms. The molecule has 0 radical (unpaired) electrons. The van der Waals surface area contributed by atoms with Crippen molar-refractivity contribution in [3.8, 4) is 0 Å². The Morgan fingerprint density at radius 2 is 1.54 bits per heavy atom. The van der Waals surface area contributed by atoms with Crippen molar-refractivity contribution in [1.82, 2.24) is 0 Å². The lowest BCUT2D eigenvalue weighted by Crippen LogP contribution is -2.30. The zero-order valence-corrected chi connectivity index (χ0v) is 18.7. The molecule has 0 heterocycles. The smallest absolute Gasteiger partial charge is 0.321 e. The van der Waals surface area contributed by atoms with Crippen molar-refractivity contribution < 1.29 is 13.6 Å². The van der Waals surface area contributed by atoms with E-state index < -0.39 is 9.28 Å². The van der Waals surface area contributed by atoms with Crippen LogP contribution in [0, 0.1) is 0 Å². The molecule has 1 saturated carbocycles. The van der Waals surface area contributed by atoms with Crippen LogP contribution in [0.5, 0.6) is 0 Å². The van der Waals surface area contributed by atoms with E-state index in [1.807, 2.05) is 12.1 Å². The van der Waals surface area contributed by atoms with E-state index in [0.29, 0.717) is 12.0 Å². The molecule has 0 unspecified atom stereocenters. The molecule has 26 heavy (non-hydrogen) atoms. The van der Waals surface area contributed by atoms with E-state index in [2.05, 4.69) is 39.8 Å². The molecule has 1 aromatic carbocycles. The lowest BCUT2D eigenvalue weighted by atomic mass is 9.83. The Morgan fingerprint density at radius 3 is 2.08 bits per heavy atom. The van der Waals surface area contributed by atoms with Crippen molar-refractivity contribution in [1.29, 1.82) is 0 Å². The van der Waals surface area contributed by atoms with Gasteiger partial charge in [0.2, 0.25) is 0 Å². The van der Waals surface area contributed by atoms with Crippen molar-refractivity contribution in [2.45, 2.75) is 90.1 Å². The first kappa shape index (κ1) is 21.9. The van der Waals surface area contributed by atoms with E-state index in [9.17, 15) is 0 Å². The SMILES string of the molecule is CC(C)O[SiH](CCCO[C@H]1CC[C@H](c2ccc(Cl)cc2)CC1)OC(C)C. The van der Waals surface area contributed by atoms with E-state index in [1.165, 1.54) is 18.4 Å². The van der Waals surface area contributed by atoms with E-state index in [-0.39, 0.29) is 12.2 Å². The van der Waals surface area contributed by atoms with Gasteiger partial charge in [-0.2, -0.15) is 0 Å². The quantitative estimate of drug-likeness (QED) is 0.365. The fourth-order valence-corrected chi connectivity index (χ4v) is 5.75. The monoisotopic (exact) mass is 398 g/mol. The Hall–Kier alpha value is -0.393. The van der Waals surface area contributed by atoms with Crippen molar-refractivity contribution in [2.75, 3.05) is 6.61 Å². The van der Waals surface area contributed by atoms with Gasteiger partial charge in [0.15, 0.2) is 0 Å². The van der Waals surface area contributed by atoms with Crippen LogP contribution in [0.25, 0.3) is 0 Å². The maximum atomic E-state index is 6.14. The molecule has 1 aromatic rings. The van der Waals surface area contributed by atoms with E-state index >= 15 is 0 Å². The molecule has 0 atom stereocenters. The van der Waals surface area contributed by atoms with Gasteiger partial charge < -0.3 is 13.6 Å². The summed E-state index contributed by atoms with van der Waals surface area (Å²) in [5, 5.41) is 0.815. The molecule has 0 saturated heterocycles. The third-order valence-electron chi connectivity index (χ3n) is 4.80. The molecule has 0 bridgehead atoms. The van der Waals surface area contributed by atoms with Crippen molar-refractivity contribution in [3.63, 3.8) is 0 Å². The molecule has 148 valence electrons. The summed E-state index contributed by atoms with van der Waals surface area (Å²) in [5.74, 6) is 0.655. The van der Waals surface area contributed by atoms with Crippen LogP contribution in [0.2, 0.25) is 11.1 Å². The molecule has 2 rings (SSSR count). The summed E-state index contributed by atoms with van der Waals surface area (Å²) in [6, 6.07) is 9.36. The molecule has 0 spiro atoms. The summed E-state index contributed by atoms with van der Waals surface area (Å²) >= 11 is 5.99. The van der Waals surface area contributed by atoms with Crippen LogP contribution in [0.1, 0.15) is 71.3 Å². The largest absolute Gasteiger partial charge is 0.394 e. The van der Waals surface area contributed by atoms with Crippen LogP contribution < -0.4 is 0 Å². The summed E-state index contributed by atoms with van der Waals surface area (Å²) in [5.41, 5.74) is 1.42. The number of hydrogen-bond acceptors (Lipinski definition) is 3. The summed E-state index contributed by atoms with van der Waals surface area (Å²) in [6.45, 7) is 9.15. The molecular formula is C21H35ClO3Si. The molecular weight excluding hydrogens is 364 g/mol. The normalized spacial score (nSPS) is 21.1. The predicted molar refractivity (Wildman–Crippen MR) is 111 cm³/mol. The molecule has 0 amide bonds. The topological polar surface area (TPSA) is 27.7 Å². The molecule has 1 fully saturated rings. The van der Waals surface area contributed by atoms with Crippen LogP contribution in [0.3, 0.4) is 0 Å². The number of benzene rings is 1. The Labute approximate surface area is 166 Å². The van der Waals surface area contributed by atoms with Gasteiger partial charge in [-0.25, -0.2) is 0 Å². The molecule has 0 aromatic heterocycles. The molecule has 0 aliphatic heterocycles. The van der Waals surface area contributed by atoms with Crippen LogP contribution >= 0.6 is 11.6 Å². The Bertz CT molecular complexity index is 488. The highest BCUT2D eigenvalue weighted by atomic mass is 35.5. The maximum absolute atomic E-state index is 6.14. The van der Waals surface area contributed by atoms with E-state index in [1.54, 1.807) is 0 Å². The van der Waals surface area contributed by atoms with Gasteiger partial charge >= 0.3 is 9.28 Å². The second kappa shape index (κ2) is 11.5.